The van der Waals surface area contributed by atoms with Crippen LogP contribution in [-0.4, -0.2) is 60.7 Å². The Bertz CT molecular complexity index is 2690. The first-order valence-corrected chi connectivity index (χ1v) is 23.9. The molecule has 320 valence electrons. The highest BCUT2D eigenvalue weighted by atomic mass is 32.2. The highest BCUT2D eigenvalue weighted by Gasteiger charge is 2.55. The number of benzene rings is 5. The van der Waals surface area contributed by atoms with Crippen molar-refractivity contribution >= 4 is 74.8 Å². The highest BCUT2D eigenvalue weighted by molar-refractivity contribution is 8.05. The fourth-order valence-electron chi connectivity index (χ4n) is 7.58. The van der Waals surface area contributed by atoms with Crippen molar-refractivity contribution < 1.29 is 24.0 Å². The lowest BCUT2D eigenvalue weighted by molar-refractivity contribution is -0.154. The SMILES string of the molecule is Cc1nnc(CSC2=C(C(=O)OC(c3ccccc3)c3ccccc3)N3C(=O)[C@@H](NC(=O)/C(=N\OC(c4ccccc4)(c4ccccc4)c4ccccc4)c4csc(N)n4)[C@H]3SC2)s1. The molecule has 4 heterocycles. The van der Waals surface area contributed by atoms with Gasteiger partial charge < -0.3 is 20.6 Å². The first kappa shape index (κ1) is 42.7. The number of fused-ring (bicyclic) bond motifs is 1. The number of aryl methyl sites for hydroxylation is 1. The minimum atomic E-state index is -1.31. The number of ether oxygens (including phenoxy) is 1. The van der Waals surface area contributed by atoms with Crippen molar-refractivity contribution in [2.24, 2.45) is 5.16 Å². The second-order valence-electron chi connectivity index (χ2n) is 14.6. The zero-order valence-corrected chi connectivity index (χ0v) is 37.4. The lowest BCUT2D eigenvalue weighted by Crippen LogP contribution is -2.71. The molecule has 0 saturated carbocycles. The van der Waals surface area contributed by atoms with Crippen LogP contribution in [0.4, 0.5) is 5.13 Å². The van der Waals surface area contributed by atoms with Gasteiger partial charge in [-0.25, -0.2) is 9.78 Å². The van der Waals surface area contributed by atoms with Crippen LogP contribution in [0.3, 0.4) is 0 Å². The Kier molecular flexibility index (Phi) is 12.7. The Hall–Kier alpha value is -6.59. The van der Waals surface area contributed by atoms with Crippen LogP contribution < -0.4 is 11.1 Å². The zero-order chi connectivity index (χ0) is 44.0. The molecule has 2 aliphatic rings. The van der Waals surface area contributed by atoms with Crippen LogP contribution in [-0.2, 0) is 35.3 Å². The number of aromatic nitrogens is 3. The average molecular weight is 922 g/mol. The number of nitrogen functional groups attached to an aromatic ring is 1. The van der Waals surface area contributed by atoms with E-state index >= 15 is 0 Å². The van der Waals surface area contributed by atoms with Gasteiger partial charge in [0.25, 0.3) is 11.8 Å². The normalized spacial score (nSPS) is 16.2. The molecule has 9 rings (SSSR count). The van der Waals surface area contributed by atoms with Gasteiger partial charge in [-0.05, 0) is 18.1 Å². The van der Waals surface area contributed by atoms with E-state index in [0.717, 1.165) is 49.2 Å². The summed E-state index contributed by atoms with van der Waals surface area (Å²) in [6.07, 6.45) is -0.751. The van der Waals surface area contributed by atoms with Gasteiger partial charge in [0.15, 0.2) is 16.9 Å². The largest absolute Gasteiger partial charge is 0.448 e. The lowest BCUT2D eigenvalue weighted by Gasteiger charge is -2.49. The molecule has 2 amide bonds. The van der Waals surface area contributed by atoms with E-state index in [1.165, 1.54) is 39.8 Å². The lowest BCUT2D eigenvalue weighted by atomic mass is 9.80. The van der Waals surface area contributed by atoms with E-state index in [0.29, 0.717) is 16.4 Å². The minimum absolute atomic E-state index is 0.130. The maximum atomic E-state index is 14.6. The van der Waals surface area contributed by atoms with E-state index in [-0.39, 0.29) is 22.2 Å². The van der Waals surface area contributed by atoms with E-state index in [4.69, 9.17) is 15.3 Å². The number of β-lactam (4-membered cyclic amide) rings is 1. The maximum Gasteiger partial charge on any atom is 0.356 e. The molecule has 0 bridgehead atoms. The van der Waals surface area contributed by atoms with Gasteiger partial charge >= 0.3 is 5.97 Å². The number of hydrogen-bond acceptors (Lipinski definition) is 14. The van der Waals surface area contributed by atoms with Crippen molar-refractivity contribution in [3.05, 3.63) is 211 Å². The number of esters is 1. The van der Waals surface area contributed by atoms with Crippen LogP contribution in [0, 0.1) is 6.92 Å². The fourth-order valence-corrected chi connectivity index (χ4v) is 11.5. The van der Waals surface area contributed by atoms with Crippen LogP contribution in [0.25, 0.3) is 0 Å². The summed E-state index contributed by atoms with van der Waals surface area (Å²) in [6.45, 7) is 1.88. The highest BCUT2D eigenvalue weighted by Crippen LogP contribution is 2.46. The number of carbonyl (C=O) groups excluding carboxylic acids is 3. The number of nitrogens with one attached hydrogen (secondary N) is 1. The van der Waals surface area contributed by atoms with Crippen molar-refractivity contribution in [3.8, 4) is 0 Å². The molecule has 5 aromatic carbocycles. The topological polar surface area (TPSA) is 162 Å². The number of thioether (sulfide) groups is 2. The van der Waals surface area contributed by atoms with Crippen molar-refractivity contribution in [3.63, 3.8) is 0 Å². The van der Waals surface area contributed by atoms with Crippen LogP contribution in [0.5, 0.6) is 0 Å². The van der Waals surface area contributed by atoms with Gasteiger partial charge in [0, 0.05) is 32.7 Å². The van der Waals surface area contributed by atoms with E-state index in [9.17, 15) is 14.4 Å². The summed E-state index contributed by atoms with van der Waals surface area (Å²) < 4.78 is 6.36. The molecule has 3 N–H and O–H groups in total. The molecule has 2 atom stereocenters. The monoisotopic (exact) mass is 921 g/mol. The predicted molar refractivity (Wildman–Crippen MR) is 252 cm³/mol. The number of thiazole rings is 1. The average Bonchev–Trinajstić information content (AvgIpc) is 3.98. The second kappa shape index (κ2) is 19.0. The van der Waals surface area contributed by atoms with Crippen LogP contribution in [0.15, 0.2) is 173 Å². The fraction of sp³-hybridized carbons (Fsp3) is 0.146. The number of oxime groups is 1. The van der Waals surface area contributed by atoms with E-state index in [1.54, 1.807) is 5.38 Å². The molecule has 0 radical (unpaired) electrons. The molecule has 12 nitrogen and oxygen atoms in total. The Balaban J connectivity index is 1.04. The Morgan fingerprint density at radius 1 is 0.844 bits per heavy atom. The van der Waals surface area contributed by atoms with Crippen molar-refractivity contribution in [2.75, 3.05) is 11.5 Å². The van der Waals surface area contributed by atoms with Gasteiger partial charge in [-0.3, -0.25) is 14.5 Å². The van der Waals surface area contributed by atoms with E-state index < -0.39 is 40.9 Å². The van der Waals surface area contributed by atoms with Crippen LogP contribution in [0.1, 0.15) is 49.6 Å². The number of rotatable bonds is 15. The Morgan fingerprint density at radius 2 is 1.39 bits per heavy atom. The Labute approximate surface area is 385 Å². The van der Waals surface area contributed by atoms with Gasteiger partial charge in [0.2, 0.25) is 5.60 Å². The first-order valence-electron chi connectivity index (χ1n) is 20.2. The Morgan fingerprint density at radius 3 is 1.89 bits per heavy atom. The maximum absolute atomic E-state index is 14.6. The molecule has 2 aromatic heterocycles. The molecule has 1 fully saturated rings. The molecule has 0 spiro atoms. The zero-order valence-electron chi connectivity index (χ0n) is 34.1. The summed E-state index contributed by atoms with van der Waals surface area (Å²) in [5.74, 6) is -1.04. The summed E-state index contributed by atoms with van der Waals surface area (Å²) in [5, 5.41) is 18.8. The smallest absolute Gasteiger partial charge is 0.356 e. The van der Waals surface area contributed by atoms with Gasteiger partial charge in [-0.2, -0.15) is 0 Å². The van der Waals surface area contributed by atoms with E-state index in [1.807, 2.05) is 159 Å². The molecular weight excluding hydrogens is 883 g/mol. The minimum Gasteiger partial charge on any atom is -0.448 e. The molecule has 0 aliphatic carbocycles. The molecule has 64 heavy (non-hydrogen) atoms. The number of amides is 2. The standard InChI is InChI=1S/C48H39N7O5S4/c1-30-52-53-38(64-30)29-61-37-28-62-45-40(44(57)55(45)41(37)46(58)59-42(31-17-7-2-8-18-31)32-19-9-3-10-20-32)51-43(56)39(36-27-63-47(49)50-36)54-60-48(33-21-11-4-12-22-33,34-23-13-5-14-24-34)35-25-15-6-16-26-35/h2-27,40,42,45H,28-29H2,1H3,(H2,49,50)(H,51,56)/b54-39-/t40-,45-/m1/s1. The number of hydrogen-bond donors (Lipinski definition) is 2. The van der Waals surface area contributed by atoms with Gasteiger partial charge in [-0.15, -0.1) is 56.4 Å². The summed E-state index contributed by atoms with van der Waals surface area (Å²) in [7, 11) is 0. The third kappa shape index (κ3) is 8.69. The predicted octanol–water partition coefficient (Wildman–Crippen LogP) is 8.48. The van der Waals surface area contributed by atoms with Gasteiger partial charge in [0.1, 0.15) is 32.8 Å². The molecular formula is C48H39N7O5S4. The van der Waals surface area contributed by atoms with Gasteiger partial charge in [0.05, 0.1) is 5.75 Å². The number of carbonyl (C=O) groups is 3. The van der Waals surface area contributed by atoms with E-state index in [2.05, 4.69) is 25.7 Å². The van der Waals surface area contributed by atoms with Crippen LogP contribution >= 0.6 is 46.2 Å². The molecule has 2 aliphatic heterocycles. The summed E-state index contributed by atoms with van der Waals surface area (Å²) in [5.41, 5.74) is 8.76. The third-order valence-electron chi connectivity index (χ3n) is 10.6. The molecule has 7 aromatic rings. The second-order valence-corrected chi connectivity index (χ2v) is 19.0. The molecule has 16 heteroatoms. The first-order chi connectivity index (χ1) is 31.3. The number of nitrogens with two attached hydrogens (primary N) is 1. The van der Waals surface area contributed by atoms with Crippen molar-refractivity contribution in [1.82, 2.24) is 25.4 Å². The summed E-state index contributed by atoms with van der Waals surface area (Å²) >= 11 is 5.46. The van der Waals surface area contributed by atoms with Gasteiger partial charge in [-0.1, -0.05) is 157 Å². The third-order valence-corrected chi connectivity index (χ3v) is 14.8. The summed E-state index contributed by atoms with van der Waals surface area (Å²) in [4.78, 5) is 56.9. The number of nitrogens with zero attached hydrogens (tertiary/aromatic N) is 5. The van der Waals surface area contributed by atoms with Crippen molar-refractivity contribution in [1.29, 1.82) is 0 Å². The quantitative estimate of drug-likeness (QED) is 0.0334. The molecule has 1 saturated heterocycles. The van der Waals surface area contributed by atoms with Crippen LogP contribution in [0.2, 0.25) is 0 Å². The van der Waals surface area contributed by atoms with Crippen molar-refractivity contribution in [2.45, 2.75) is 35.8 Å². The number of anilines is 1. The summed E-state index contributed by atoms with van der Waals surface area (Å²) in [6, 6.07) is 46.8. The molecule has 0 unspecified atom stereocenters.